The Labute approximate surface area is 115 Å². The Balaban J connectivity index is 2.63. The van der Waals surface area contributed by atoms with Crippen LogP contribution in [0.1, 0.15) is 31.3 Å². The van der Waals surface area contributed by atoms with Crippen LogP contribution in [0, 0.1) is 0 Å². The van der Waals surface area contributed by atoms with Crippen molar-refractivity contribution in [3.8, 4) is 0 Å². The summed E-state index contributed by atoms with van der Waals surface area (Å²) in [6.45, 7) is 9.36. The van der Waals surface area contributed by atoms with Crippen molar-refractivity contribution in [1.82, 2.24) is 9.88 Å². The van der Waals surface area contributed by atoms with E-state index in [9.17, 15) is 4.79 Å². The van der Waals surface area contributed by atoms with Crippen LogP contribution in [0.3, 0.4) is 0 Å². The van der Waals surface area contributed by atoms with Crippen molar-refractivity contribution in [3.05, 3.63) is 24.0 Å². The highest BCUT2D eigenvalue weighted by atomic mass is 16.5. The minimum Gasteiger partial charge on any atom is -0.383 e. The smallest absolute Gasteiger partial charge is 0.272 e. The number of carbonyl (C=O) groups excluding carboxylic acids is 1. The summed E-state index contributed by atoms with van der Waals surface area (Å²) in [6, 6.07) is 3.64. The highest BCUT2D eigenvalue weighted by molar-refractivity contribution is 5.93. The molecule has 0 unspecified atom stereocenters. The third kappa shape index (κ3) is 4.87. The van der Waals surface area contributed by atoms with Crippen LogP contribution in [0.25, 0.3) is 0 Å². The summed E-state index contributed by atoms with van der Waals surface area (Å²) >= 11 is 0. The highest BCUT2D eigenvalue weighted by Crippen LogP contribution is 2.09. The number of pyridine rings is 1. The van der Waals surface area contributed by atoms with E-state index in [-0.39, 0.29) is 5.91 Å². The molecule has 0 aromatic carbocycles. The molecular weight excluding hydrogens is 242 g/mol. The molecule has 0 spiro atoms. The zero-order valence-electron chi connectivity index (χ0n) is 12.0. The van der Waals surface area contributed by atoms with Crippen LogP contribution in [-0.4, -0.2) is 48.6 Å². The Morgan fingerprint density at radius 1 is 1.37 bits per heavy atom. The van der Waals surface area contributed by atoms with Crippen molar-refractivity contribution < 1.29 is 9.53 Å². The van der Waals surface area contributed by atoms with Crippen LogP contribution in [0.2, 0.25) is 0 Å². The normalized spacial score (nSPS) is 10.3. The van der Waals surface area contributed by atoms with E-state index in [1.807, 2.05) is 26.8 Å². The van der Waals surface area contributed by atoms with Gasteiger partial charge in [0.15, 0.2) is 0 Å². The number of amides is 1. The molecule has 1 rings (SSSR count). The third-order valence-electron chi connectivity index (χ3n) is 2.81. The maximum atomic E-state index is 12.1. The van der Waals surface area contributed by atoms with E-state index in [0.29, 0.717) is 32.0 Å². The Morgan fingerprint density at radius 3 is 2.74 bits per heavy atom. The van der Waals surface area contributed by atoms with Crippen LogP contribution < -0.4 is 5.32 Å². The average Bonchev–Trinajstić information content (AvgIpc) is 2.45. The number of carbonyl (C=O) groups is 1. The van der Waals surface area contributed by atoms with Crippen LogP contribution in [0.4, 0.5) is 5.69 Å². The fourth-order valence-corrected chi connectivity index (χ4v) is 1.74. The number of aromatic nitrogens is 1. The van der Waals surface area contributed by atoms with E-state index >= 15 is 0 Å². The number of anilines is 1. The maximum absolute atomic E-state index is 12.1. The van der Waals surface area contributed by atoms with E-state index in [1.165, 1.54) is 0 Å². The highest BCUT2D eigenvalue weighted by Gasteiger charge is 2.13. The van der Waals surface area contributed by atoms with Crippen molar-refractivity contribution in [3.63, 3.8) is 0 Å². The molecule has 19 heavy (non-hydrogen) atoms. The summed E-state index contributed by atoms with van der Waals surface area (Å²) in [4.78, 5) is 18.0. The Bertz CT molecular complexity index is 392. The van der Waals surface area contributed by atoms with Gasteiger partial charge in [0.1, 0.15) is 5.69 Å². The minimum absolute atomic E-state index is 0.0292. The van der Waals surface area contributed by atoms with E-state index in [1.54, 1.807) is 17.2 Å². The number of ether oxygens (including phenoxy) is 1. The monoisotopic (exact) mass is 265 g/mol. The van der Waals surface area contributed by atoms with Crippen molar-refractivity contribution >= 4 is 11.6 Å². The second kappa shape index (κ2) is 8.48. The molecule has 0 aliphatic carbocycles. The molecule has 1 amide bonds. The first-order valence-corrected chi connectivity index (χ1v) is 6.79. The van der Waals surface area contributed by atoms with Crippen molar-refractivity contribution in [2.45, 2.75) is 20.8 Å². The Kier molecular flexibility index (Phi) is 6.89. The molecule has 5 nitrogen and oxygen atoms in total. The van der Waals surface area contributed by atoms with Gasteiger partial charge >= 0.3 is 0 Å². The molecule has 0 aliphatic heterocycles. The Hall–Kier alpha value is -1.62. The lowest BCUT2D eigenvalue weighted by Crippen LogP contribution is -2.31. The van der Waals surface area contributed by atoms with Gasteiger partial charge in [0.2, 0.25) is 0 Å². The fourth-order valence-electron chi connectivity index (χ4n) is 1.74. The SMILES string of the molecule is CCOCCNc1ccnc(C(=O)N(CC)CC)c1. The van der Waals surface area contributed by atoms with Crippen LogP contribution in [0.15, 0.2) is 18.3 Å². The molecule has 1 N–H and O–H groups in total. The average molecular weight is 265 g/mol. The minimum atomic E-state index is -0.0292. The summed E-state index contributed by atoms with van der Waals surface area (Å²) in [5.74, 6) is -0.0292. The quantitative estimate of drug-likeness (QED) is 0.731. The zero-order chi connectivity index (χ0) is 14.1. The molecule has 0 saturated carbocycles. The second-order valence-corrected chi connectivity index (χ2v) is 4.03. The van der Waals surface area contributed by atoms with E-state index in [2.05, 4.69) is 10.3 Å². The molecule has 0 fully saturated rings. The van der Waals surface area contributed by atoms with Gasteiger partial charge in [-0.25, -0.2) is 0 Å². The number of hydrogen-bond donors (Lipinski definition) is 1. The van der Waals surface area contributed by atoms with Crippen LogP contribution >= 0.6 is 0 Å². The van der Waals surface area contributed by atoms with Crippen molar-refractivity contribution in [2.75, 3.05) is 38.2 Å². The molecular formula is C14H23N3O2. The molecule has 1 aromatic heterocycles. The van der Waals surface area contributed by atoms with Gasteiger partial charge in [-0.2, -0.15) is 0 Å². The molecule has 1 aromatic rings. The van der Waals surface area contributed by atoms with Gasteiger partial charge in [-0.05, 0) is 32.9 Å². The summed E-state index contributed by atoms with van der Waals surface area (Å²) in [5.41, 5.74) is 1.37. The summed E-state index contributed by atoms with van der Waals surface area (Å²) in [7, 11) is 0. The number of nitrogens with one attached hydrogen (secondary N) is 1. The van der Waals surface area contributed by atoms with Gasteiger partial charge in [-0.3, -0.25) is 9.78 Å². The van der Waals surface area contributed by atoms with Gasteiger partial charge in [0.05, 0.1) is 6.61 Å². The first-order valence-electron chi connectivity index (χ1n) is 6.79. The van der Waals surface area contributed by atoms with Gasteiger partial charge in [0.25, 0.3) is 5.91 Å². The zero-order valence-corrected chi connectivity index (χ0v) is 12.0. The molecule has 1 heterocycles. The first kappa shape index (κ1) is 15.4. The van der Waals surface area contributed by atoms with Crippen LogP contribution in [0.5, 0.6) is 0 Å². The Morgan fingerprint density at radius 2 is 2.11 bits per heavy atom. The predicted octanol–water partition coefficient (Wildman–Crippen LogP) is 2.01. The number of nitrogens with zero attached hydrogens (tertiary/aromatic N) is 2. The molecule has 0 radical (unpaired) electrons. The molecule has 0 aliphatic rings. The van der Waals surface area contributed by atoms with E-state index in [4.69, 9.17) is 4.74 Å². The molecule has 5 heteroatoms. The predicted molar refractivity (Wildman–Crippen MR) is 76.5 cm³/mol. The second-order valence-electron chi connectivity index (χ2n) is 4.03. The largest absolute Gasteiger partial charge is 0.383 e. The van der Waals surface area contributed by atoms with Gasteiger partial charge in [-0.15, -0.1) is 0 Å². The topological polar surface area (TPSA) is 54.5 Å². The lowest BCUT2D eigenvalue weighted by Gasteiger charge is -2.18. The maximum Gasteiger partial charge on any atom is 0.272 e. The molecule has 106 valence electrons. The van der Waals surface area contributed by atoms with E-state index < -0.39 is 0 Å². The van der Waals surface area contributed by atoms with E-state index in [0.717, 1.165) is 12.2 Å². The summed E-state index contributed by atoms with van der Waals surface area (Å²) in [6.07, 6.45) is 1.65. The third-order valence-corrected chi connectivity index (χ3v) is 2.81. The van der Waals surface area contributed by atoms with Gasteiger partial charge in [0, 0.05) is 38.1 Å². The van der Waals surface area contributed by atoms with Gasteiger partial charge in [-0.1, -0.05) is 0 Å². The van der Waals surface area contributed by atoms with Crippen molar-refractivity contribution in [2.24, 2.45) is 0 Å². The van der Waals surface area contributed by atoms with Crippen LogP contribution in [-0.2, 0) is 4.74 Å². The fraction of sp³-hybridized carbons (Fsp3) is 0.571. The summed E-state index contributed by atoms with van der Waals surface area (Å²) in [5, 5.41) is 3.21. The lowest BCUT2D eigenvalue weighted by atomic mass is 10.2. The number of rotatable bonds is 8. The molecule has 0 atom stereocenters. The standard InChI is InChI=1S/C14H23N3O2/c1-4-17(5-2)14(18)13-11-12(7-8-16-13)15-9-10-19-6-3/h7-8,11H,4-6,9-10H2,1-3H3,(H,15,16). The number of hydrogen-bond acceptors (Lipinski definition) is 4. The summed E-state index contributed by atoms with van der Waals surface area (Å²) < 4.78 is 5.25. The first-order chi connectivity index (χ1) is 9.22. The molecule has 0 saturated heterocycles. The molecule has 0 bridgehead atoms. The van der Waals surface area contributed by atoms with Crippen molar-refractivity contribution in [1.29, 1.82) is 0 Å². The van der Waals surface area contributed by atoms with Gasteiger partial charge < -0.3 is 15.0 Å². The lowest BCUT2D eigenvalue weighted by molar-refractivity contribution is 0.0767.